The number of sulfone groups is 1. The Morgan fingerprint density at radius 3 is 2.30 bits per heavy atom. The summed E-state index contributed by atoms with van der Waals surface area (Å²) in [6.07, 6.45) is 0. The van der Waals surface area contributed by atoms with Crippen LogP contribution in [0.3, 0.4) is 0 Å². The summed E-state index contributed by atoms with van der Waals surface area (Å²) in [4.78, 5) is 1.97. The van der Waals surface area contributed by atoms with Crippen LogP contribution in [0.25, 0.3) is 0 Å². The molecule has 0 bridgehead atoms. The van der Waals surface area contributed by atoms with Crippen molar-refractivity contribution in [3.05, 3.63) is 47.3 Å². The molecule has 2 rings (SSSR count). The molecule has 0 spiro atoms. The van der Waals surface area contributed by atoms with Gasteiger partial charge in [-0.05, 0) is 29.1 Å². The van der Waals surface area contributed by atoms with E-state index in [0.29, 0.717) is 4.21 Å². The Labute approximate surface area is 123 Å². The molecule has 0 fully saturated rings. The van der Waals surface area contributed by atoms with Crippen molar-refractivity contribution in [2.75, 3.05) is 25.5 Å². The lowest BCUT2D eigenvalue weighted by Gasteiger charge is -2.17. The number of nitrogens with two attached hydrogens (primary N) is 1. The average molecular weight is 310 g/mol. The fraction of sp³-hybridized carbons (Fsp3) is 0.286. The van der Waals surface area contributed by atoms with Gasteiger partial charge in [-0.2, -0.15) is 0 Å². The Hall–Kier alpha value is -1.37. The van der Waals surface area contributed by atoms with E-state index in [1.165, 1.54) is 11.3 Å². The molecule has 0 aliphatic rings. The van der Waals surface area contributed by atoms with Crippen LogP contribution in [0.1, 0.15) is 10.8 Å². The van der Waals surface area contributed by atoms with Gasteiger partial charge in [-0.1, -0.05) is 18.2 Å². The van der Waals surface area contributed by atoms with Gasteiger partial charge in [0.2, 0.25) is 0 Å². The van der Waals surface area contributed by atoms with E-state index in [-0.39, 0.29) is 6.54 Å². The summed E-state index contributed by atoms with van der Waals surface area (Å²) in [6, 6.07) is 10.8. The number of hydrogen-bond acceptors (Lipinski definition) is 5. The van der Waals surface area contributed by atoms with Crippen molar-refractivity contribution in [2.45, 2.75) is 9.46 Å². The Balaban J connectivity index is 2.38. The monoisotopic (exact) mass is 310 g/mol. The molecule has 0 saturated heterocycles. The van der Waals surface area contributed by atoms with E-state index in [1.807, 2.05) is 43.3 Å². The number of benzene rings is 1. The summed E-state index contributed by atoms with van der Waals surface area (Å²) in [5.41, 5.74) is 7.46. The Morgan fingerprint density at radius 1 is 1.20 bits per heavy atom. The van der Waals surface area contributed by atoms with Crippen LogP contribution in [0, 0.1) is 0 Å². The molecule has 108 valence electrons. The van der Waals surface area contributed by atoms with E-state index in [4.69, 9.17) is 5.73 Å². The van der Waals surface area contributed by atoms with Crippen LogP contribution in [0.5, 0.6) is 0 Å². The fourth-order valence-electron chi connectivity index (χ4n) is 1.99. The first-order chi connectivity index (χ1) is 9.46. The van der Waals surface area contributed by atoms with E-state index in [9.17, 15) is 8.42 Å². The van der Waals surface area contributed by atoms with Crippen molar-refractivity contribution < 1.29 is 8.42 Å². The molecule has 1 heterocycles. The van der Waals surface area contributed by atoms with Crippen LogP contribution in [-0.2, 0) is 9.84 Å². The number of anilines is 1. The molecular formula is C14H18N2O2S2. The third-order valence-corrected chi connectivity index (χ3v) is 6.70. The molecule has 0 unspecified atom stereocenters. The predicted molar refractivity (Wildman–Crippen MR) is 84.1 cm³/mol. The second-order valence-corrected chi connectivity index (χ2v) is 7.99. The highest BCUT2D eigenvalue weighted by molar-refractivity contribution is 7.93. The Morgan fingerprint density at radius 2 is 1.85 bits per heavy atom. The minimum atomic E-state index is -3.41. The number of hydrogen-bond donors (Lipinski definition) is 1. The van der Waals surface area contributed by atoms with Crippen molar-refractivity contribution in [3.63, 3.8) is 0 Å². The molecule has 6 heteroatoms. The molecule has 1 atom stereocenters. The summed E-state index contributed by atoms with van der Waals surface area (Å²) < 4.78 is 25.5. The van der Waals surface area contributed by atoms with Gasteiger partial charge in [0.1, 0.15) is 9.46 Å². The lowest BCUT2D eigenvalue weighted by atomic mass is 10.1. The molecular weight excluding hydrogens is 292 g/mol. The van der Waals surface area contributed by atoms with Crippen LogP contribution in [0.15, 0.2) is 46.0 Å². The zero-order chi connectivity index (χ0) is 14.8. The molecule has 4 nitrogen and oxygen atoms in total. The van der Waals surface area contributed by atoms with E-state index in [0.717, 1.165) is 11.3 Å². The summed E-state index contributed by atoms with van der Waals surface area (Å²) in [5, 5.41) is 1.06. The van der Waals surface area contributed by atoms with Crippen molar-refractivity contribution in [2.24, 2.45) is 5.73 Å². The van der Waals surface area contributed by atoms with E-state index < -0.39 is 15.1 Å². The molecule has 1 aromatic carbocycles. The molecule has 2 N–H and O–H groups in total. The van der Waals surface area contributed by atoms with Gasteiger partial charge in [0.15, 0.2) is 9.84 Å². The third kappa shape index (κ3) is 2.87. The maximum atomic E-state index is 12.6. The van der Waals surface area contributed by atoms with E-state index >= 15 is 0 Å². The standard InChI is InChI=1S/C14H18N2O2S2/c1-16(2)12-7-5-11(6-8-12)13(10-15)20(17,18)14-4-3-9-19-14/h3-9,13H,10,15H2,1-2H3/t13-/m0/s1. The summed E-state index contributed by atoms with van der Waals surface area (Å²) in [5.74, 6) is 0. The SMILES string of the molecule is CN(C)c1ccc([C@H](CN)S(=O)(=O)c2cccs2)cc1. The maximum Gasteiger partial charge on any atom is 0.195 e. The summed E-state index contributed by atoms with van der Waals surface area (Å²) in [6.45, 7) is 0.0710. The molecule has 0 radical (unpaired) electrons. The molecule has 0 amide bonds. The lowest BCUT2D eigenvalue weighted by molar-refractivity contribution is 0.584. The number of nitrogens with zero attached hydrogens (tertiary/aromatic N) is 1. The summed E-state index contributed by atoms with van der Waals surface area (Å²) >= 11 is 1.22. The van der Waals surface area contributed by atoms with Crippen molar-refractivity contribution >= 4 is 26.9 Å². The average Bonchev–Trinajstić information content (AvgIpc) is 2.94. The largest absolute Gasteiger partial charge is 0.378 e. The third-order valence-electron chi connectivity index (χ3n) is 3.15. The topological polar surface area (TPSA) is 63.4 Å². The highest BCUT2D eigenvalue weighted by Gasteiger charge is 2.28. The Kier molecular flexibility index (Phi) is 4.47. The molecule has 0 saturated carbocycles. The maximum absolute atomic E-state index is 12.6. The minimum absolute atomic E-state index is 0.0710. The quantitative estimate of drug-likeness (QED) is 0.920. The van der Waals surface area contributed by atoms with Gasteiger partial charge in [0, 0.05) is 26.3 Å². The van der Waals surface area contributed by atoms with Crippen molar-refractivity contribution in [1.29, 1.82) is 0 Å². The van der Waals surface area contributed by atoms with Gasteiger partial charge in [0.25, 0.3) is 0 Å². The van der Waals surface area contributed by atoms with Crippen LogP contribution < -0.4 is 10.6 Å². The number of thiophene rings is 1. The van der Waals surface area contributed by atoms with Gasteiger partial charge in [0.05, 0.1) is 0 Å². The van der Waals surface area contributed by atoms with E-state index in [2.05, 4.69) is 0 Å². The smallest absolute Gasteiger partial charge is 0.195 e. The Bertz CT molecular complexity index is 647. The van der Waals surface area contributed by atoms with Crippen LogP contribution in [0.2, 0.25) is 0 Å². The van der Waals surface area contributed by atoms with Crippen molar-refractivity contribution in [3.8, 4) is 0 Å². The van der Waals surface area contributed by atoms with Gasteiger partial charge >= 0.3 is 0 Å². The van der Waals surface area contributed by atoms with Gasteiger partial charge in [-0.25, -0.2) is 8.42 Å². The number of rotatable bonds is 5. The first-order valence-electron chi connectivity index (χ1n) is 6.21. The first kappa shape index (κ1) is 15.0. The normalized spacial score (nSPS) is 13.2. The van der Waals surface area contributed by atoms with Crippen molar-refractivity contribution in [1.82, 2.24) is 0 Å². The van der Waals surface area contributed by atoms with Crippen LogP contribution in [0.4, 0.5) is 5.69 Å². The second kappa shape index (κ2) is 5.95. The van der Waals surface area contributed by atoms with Gasteiger partial charge in [-0.15, -0.1) is 11.3 Å². The van der Waals surface area contributed by atoms with Crippen LogP contribution >= 0.6 is 11.3 Å². The predicted octanol–water partition coefficient (Wildman–Crippen LogP) is 2.29. The zero-order valence-corrected chi connectivity index (χ0v) is 13.1. The second-order valence-electron chi connectivity index (χ2n) is 4.69. The highest BCUT2D eigenvalue weighted by atomic mass is 32.2. The molecule has 20 heavy (non-hydrogen) atoms. The lowest BCUT2D eigenvalue weighted by Crippen LogP contribution is -2.21. The summed E-state index contributed by atoms with van der Waals surface area (Å²) in [7, 11) is 0.471. The molecule has 0 aliphatic carbocycles. The molecule has 0 aliphatic heterocycles. The molecule has 1 aromatic heterocycles. The van der Waals surface area contributed by atoms with Gasteiger partial charge in [-0.3, -0.25) is 0 Å². The van der Waals surface area contributed by atoms with E-state index in [1.54, 1.807) is 17.5 Å². The zero-order valence-electron chi connectivity index (χ0n) is 11.5. The highest BCUT2D eigenvalue weighted by Crippen LogP contribution is 2.31. The fourth-order valence-corrected chi connectivity index (χ4v) is 4.81. The van der Waals surface area contributed by atoms with Gasteiger partial charge < -0.3 is 10.6 Å². The molecule has 2 aromatic rings. The minimum Gasteiger partial charge on any atom is -0.378 e. The van der Waals surface area contributed by atoms with Crippen LogP contribution in [-0.4, -0.2) is 29.1 Å². The first-order valence-corrected chi connectivity index (χ1v) is 8.64.